The van der Waals surface area contributed by atoms with E-state index in [1.54, 1.807) is 36.4 Å². The van der Waals surface area contributed by atoms with Gasteiger partial charge in [0, 0.05) is 79.4 Å². The Morgan fingerprint density at radius 3 is 1.05 bits per heavy atom. The first kappa shape index (κ1) is 31.5. The number of carbonyl (C=O) groups excluding carboxylic acids is 3. The fraction of sp³-hybridized carbons (Fsp3) is 0.344. The minimum atomic E-state index is -1.06. The predicted molar refractivity (Wildman–Crippen MR) is 151 cm³/mol. The van der Waals surface area contributed by atoms with Gasteiger partial charge in [0.2, 0.25) is 0 Å². The maximum absolute atomic E-state index is 11.5. The van der Waals surface area contributed by atoms with E-state index >= 15 is 0 Å². The first-order chi connectivity index (χ1) is 19.7. The second-order valence-corrected chi connectivity index (χ2v) is 9.97. The van der Waals surface area contributed by atoms with Gasteiger partial charge in [-0.3, -0.25) is 0 Å². The van der Waals surface area contributed by atoms with Crippen LogP contribution in [0.4, 0.5) is 0 Å². The van der Waals surface area contributed by atoms with Gasteiger partial charge in [-0.2, -0.15) is 0 Å². The molecule has 0 fully saturated rings. The van der Waals surface area contributed by atoms with Crippen molar-refractivity contribution in [3.8, 4) is 17.2 Å². The Hall–Kier alpha value is -4.05. The number of hydrogen-bond donors (Lipinski definition) is 3. The number of hydrogen-bond acceptors (Lipinski definition) is 9. The van der Waals surface area contributed by atoms with Crippen LogP contribution < -0.4 is 0 Å². The maximum atomic E-state index is 11.5. The van der Waals surface area contributed by atoms with Gasteiger partial charge in [0.05, 0.1) is 19.8 Å². The van der Waals surface area contributed by atoms with Crippen LogP contribution in [0.5, 0.6) is 17.2 Å². The van der Waals surface area contributed by atoms with Crippen molar-refractivity contribution >= 4 is 18.9 Å². The Kier molecular flexibility index (Phi) is 10.8. The molecule has 3 rings (SSSR count). The molecule has 0 aliphatic carbocycles. The predicted octanol–water partition coefficient (Wildman–Crippen LogP) is 3.82. The van der Waals surface area contributed by atoms with Crippen molar-refractivity contribution in [1.82, 2.24) is 0 Å². The average molecular weight is 565 g/mol. The van der Waals surface area contributed by atoms with E-state index in [2.05, 4.69) is 0 Å². The Morgan fingerprint density at radius 2 is 0.780 bits per heavy atom. The minimum absolute atomic E-state index is 0.0289. The van der Waals surface area contributed by atoms with E-state index in [9.17, 15) is 29.7 Å². The van der Waals surface area contributed by atoms with E-state index in [4.69, 9.17) is 14.2 Å². The van der Waals surface area contributed by atoms with Crippen LogP contribution in [0.25, 0.3) is 0 Å². The number of phenolic OH excluding ortho intramolecular Hbond substituents is 3. The summed E-state index contributed by atoms with van der Waals surface area (Å²) in [6, 6.07) is 10.5. The molecule has 3 aromatic carbocycles. The Balaban J connectivity index is 2.53. The topological polar surface area (TPSA) is 140 Å². The summed E-state index contributed by atoms with van der Waals surface area (Å²) in [6.45, 7) is 2.21. The summed E-state index contributed by atoms with van der Waals surface area (Å²) in [5, 5.41) is 32.7. The van der Waals surface area contributed by atoms with Crippen molar-refractivity contribution in [3.05, 3.63) is 86.5 Å². The van der Waals surface area contributed by atoms with Crippen LogP contribution in [-0.2, 0) is 73.1 Å². The summed E-state index contributed by atoms with van der Waals surface area (Å²) >= 11 is 0. The van der Waals surface area contributed by atoms with E-state index < -0.39 is 5.41 Å². The molecular weight excluding hydrogens is 528 g/mol. The quantitative estimate of drug-likeness (QED) is 0.186. The molecule has 0 aliphatic heterocycles. The van der Waals surface area contributed by atoms with Gasteiger partial charge in [-0.15, -0.1) is 0 Å². The van der Waals surface area contributed by atoms with Gasteiger partial charge >= 0.3 is 0 Å². The fourth-order valence-electron chi connectivity index (χ4n) is 5.18. The lowest BCUT2D eigenvalue weighted by atomic mass is 9.68. The van der Waals surface area contributed by atoms with Gasteiger partial charge in [-0.1, -0.05) is 18.2 Å². The first-order valence-electron chi connectivity index (χ1n) is 13.0. The molecule has 0 aromatic heterocycles. The van der Waals surface area contributed by atoms with Crippen molar-refractivity contribution in [1.29, 1.82) is 0 Å². The fourth-order valence-corrected chi connectivity index (χ4v) is 5.18. The van der Waals surface area contributed by atoms with E-state index in [1.165, 1.54) is 21.3 Å². The van der Waals surface area contributed by atoms with Gasteiger partial charge in [0.1, 0.15) is 36.1 Å². The zero-order valence-electron chi connectivity index (χ0n) is 23.7. The lowest BCUT2D eigenvalue weighted by Crippen LogP contribution is -2.27. The molecule has 9 nitrogen and oxygen atoms in total. The van der Waals surface area contributed by atoms with Gasteiger partial charge in [0.25, 0.3) is 0 Å². The van der Waals surface area contributed by atoms with Crippen LogP contribution in [0, 0.1) is 0 Å². The second-order valence-electron chi connectivity index (χ2n) is 9.97. The molecule has 1 atom stereocenters. The SMILES string of the molecule is COCc1cc(C(C)(c2cc(CC=O)c(O)c(CC=O)c2)c2cc(COC)c(O)c(COC)c2)cc(CC=O)c1O. The highest BCUT2D eigenvalue weighted by Crippen LogP contribution is 2.45. The zero-order valence-corrected chi connectivity index (χ0v) is 23.7. The summed E-state index contributed by atoms with van der Waals surface area (Å²) in [4.78, 5) is 34.6. The monoisotopic (exact) mass is 564 g/mol. The number of ether oxygens (including phenoxy) is 3. The molecule has 0 saturated heterocycles. The van der Waals surface area contributed by atoms with Gasteiger partial charge in [0.15, 0.2) is 0 Å². The second kappa shape index (κ2) is 14.0. The van der Waals surface area contributed by atoms with Crippen molar-refractivity contribution in [2.24, 2.45) is 0 Å². The third-order valence-corrected chi connectivity index (χ3v) is 7.34. The van der Waals surface area contributed by atoms with Gasteiger partial charge in [-0.25, -0.2) is 0 Å². The van der Waals surface area contributed by atoms with E-state index in [1.807, 2.05) is 6.92 Å². The normalized spacial score (nSPS) is 12.6. The van der Waals surface area contributed by atoms with Gasteiger partial charge in [-0.05, 0) is 41.8 Å². The highest BCUT2D eigenvalue weighted by molar-refractivity contribution is 5.67. The summed E-state index contributed by atoms with van der Waals surface area (Å²) in [7, 11) is 4.53. The van der Waals surface area contributed by atoms with Crippen LogP contribution in [0.1, 0.15) is 57.0 Å². The molecule has 0 radical (unpaired) electrons. The molecular formula is C32H36O9. The van der Waals surface area contributed by atoms with Crippen LogP contribution in [0.15, 0.2) is 36.4 Å². The standard InChI is InChI=1S/C32H36O9/c1-32(26-11-20(5-8-33)29(36)21(12-26)6-9-34,27-13-22(7-10-35)30(37)23(14-27)17-39-2)28-15-24(18-40-3)31(38)25(16-28)19-41-4/h8-16,36-38H,5-7,17-19H2,1-4H3. The minimum Gasteiger partial charge on any atom is -0.507 e. The number of methoxy groups -OCH3 is 3. The van der Waals surface area contributed by atoms with Crippen molar-refractivity contribution in [3.63, 3.8) is 0 Å². The van der Waals surface area contributed by atoms with Crippen LogP contribution in [0.3, 0.4) is 0 Å². The molecule has 3 N–H and O–H groups in total. The van der Waals surface area contributed by atoms with E-state index in [0.717, 1.165) is 0 Å². The number of benzene rings is 3. The third kappa shape index (κ3) is 6.48. The molecule has 0 aliphatic rings. The Morgan fingerprint density at radius 1 is 0.537 bits per heavy atom. The summed E-state index contributed by atoms with van der Waals surface area (Å²) in [6.07, 6.45) is 1.84. The number of rotatable bonds is 15. The number of aldehydes is 3. The summed E-state index contributed by atoms with van der Waals surface area (Å²) in [5.41, 5.74) is 3.49. The molecule has 0 heterocycles. The molecule has 1 unspecified atom stereocenters. The van der Waals surface area contributed by atoms with E-state index in [0.29, 0.717) is 68.9 Å². The van der Waals surface area contributed by atoms with Crippen LogP contribution in [0.2, 0.25) is 0 Å². The molecule has 3 aromatic rings. The molecule has 0 saturated carbocycles. The first-order valence-corrected chi connectivity index (χ1v) is 13.0. The van der Waals surface area contributed by atoms with Crippen molar-refractivity contribution < 1.29 is 43.9 Å². The zero-order chi connectivity index (χ0) is 30.2. The van der Waals surface area contributed by atoms with Gasteiger partial charge < -0.3 is 43.9 Å². The number of phenols is 3. The largest absolute Gasteiger partial charge is 0.507 e. The highest BCUT2D eigenvalue weighted by Gasteiger charge is 2.35. The highest BCUT2D eigenvalue weighted by atomic mass is 16.5. The number of aromatic hydroxyl groups is 3. The van der Waals surface area contributed by atoms with E-state index in [-0.39, 0.29) is 56.3 Å². The number of carbonyl (C=O) groups is 3. The third-order valence-electron chi connectivity index (χ3n) is 7.34. The Labute approximate surface area is 239 Å². The lowest BCUT2D eigenvalue weighted by Gasteiger charge is -2.35. The van der Waals surface area contributed by atoms with Crippen molar-refractivity contribution in [2.45, 2.75) is 51.4 Å². The van der Waals surface area contributed by atoms with Crippen molar-refractivity contribution in [2.75, 3.05) is 21.3 Å². The maximum Gasteiger partial charge on any atom is 0.126 e. The molecule has 0 spiro atoms. The molecule has 9 heteroatoms. The molecule has 41 heavy (non-hydrogen) atoms. The summed E-state index contributed by atoms with van der Waals surface area (Å²) < 4.78 is 16.0. The lowest BCUT2D eigenvalue weighted by molar-refractivity contribution is -0.108. The van der Waals surface area contributed by atoms with Crippen LogP contribution in [-0.4, -0.2) is 55.5 Å². The average Bonchev–Trinajstić information content (AvgIpc) is 2.95. The molecule has 0 amide bonds. The smallest absolute Gasteiger partial charge is 0.126 e. The molecule has 218 valence electrons. The summed E-state index contributed by atoms with van der Waals surface area (Å²) in [5.74, 6) is -0.153. The molecule has 0 bridgehead atoms. The van der Waals surface area contributed by atoms with Crippen LogP contribution >= 0.6 is 0 Å². The Bertz CT molecular complexity index is 1350.